The number of aromatic nitrogens is 1. The van der Waals surface area contributed by atoms with E-state index in [4.69, 9.17) is 16.3 Å². The molecule has 1 saturated heterocycles. The lowest BCUT2D eigenvalue weighted by Gasteiger charge is -2.23. The van der Waals surface area contributed by atoms with E-state index in [1.165, 1.54) is 23.1 Å². The number of halogens is 2. The van der Waals surface area contributed by atoms with Crippen molar-refractivity contribution in [3.63, 3.8) is 0 Å². The van der Waals surface area contributed by atoms with Crippen LogP contribution in [0.2, 0.25) is 5.02 Å². The third kappa shape index (κ3) is 4.15. The predicted octanol–water partition coefficient (Wildman–Crippen LogP) is 6.11. The molecule has 176 valence electrons. The Morgan fingerprint density at radius 2 is 1.91 bits per heavy atom. The Labute approximate surface area is 208 Å². The molecule has 1 amide bonds. The van der Waals surface area contributed by atoms with Crippen LogP contribution in [0.25, 0.3) is 16.0 Å². The van der Waals surface area contributed by atoms with E-state index in [0.29, 0.717) is 38.7 Å². The van der Waals surface area contributed by atoms with Crippen LogP contribution >= 0.6 is 22.9 Å². The first-order chi connectivity index (χ1) is 16.9. The zero-order valence-corrected chi connectivity index (χ0v) is 19.9. The number of carbonyl (C=O) groups excluding carboxylic acids is 2. The molecular weight excluding hydrogens is 491 g/mol. The van der Waals surface area contributed by atoms with Crippen molar-refractivity contribution in [1.29, 1.82) is 0 Å². The van der Waals surface area contributed by atoms with Gasteiger partial charge in [-0.25, -0.2) is 9.37 Å². The van der Waals surface area contributed by atoms with Gasteiger partial charge >= 0.3 is 5.91 Å². The van der Waals surface area contributed by atoms with Crippen LogP contribution < -0.4 is 9.64 Å². The SMILES string of the molecule is CCOc1ccc(C(O)=C2C(=O)C(=O)N(c3nc4ccc(F)cc4s3)[C@@H]2c2cccc(Cl)c2)cc1. The van der Waals surface area contributed by atoms with Crippen molar-refractivity contribution in [2.45, 2.75) is 13.0 Å². The molecular formula is C26H18ClFN2O4S. The molecule has 1 fully saturated rings. The van der Waals surface area contributed by atoms with Crippen LogP contribution in [0.4, 0.5) is 9.52 Å². The lowest BCUT2D eigenvalue weighted by Crippen LogP contribution is -2.29. The Morgan fingerprint density at radius 3 is 2.63 bits per heavy atom. The molecule has 35 heavy (non-hydrogen) atoms. The number of hydrogen-bond donors (Lipinski definition) is 1. The van der Waals surface area contributed by atoms with Crippen molar-refractivity contribution in [3.8, 4) is 5.75 Å². The number of carbonyl (C=O) groups is 2. The summed E-state index contributed by atoms with van der Waals surface area (Å²) in [6.07, 6.45) is 0. The first-order valence-corrected chi connectivity index (χ1v) is 11.9. The summed E-state index contributed by atoms with van der Waals surface area (Å²) >= 11 is 7.31. The van der Waals surface area contributed by atoms with Crippen LogP contribution in [0.3, 0.4) is 0 Å². The van der Waals surface area contributed by atoms with E-state index in [9.17, 15) is 19.1 Å². The van der Waals surface area contributed by atoms with Crippen LogP contribution in [0.15, 0.2) is 72.3 Å². The monoisotopic (exact) mass is 508 g/mol. The van der Waals surface area contributed by atoms with Gasteiger partial charge in [-0.1, -0.05) is 35.1 Å². The third-order valence-corrected chi connectivity index (χ3v) is 6.85. The second-order valence-electron chi connectivity index (χ2n) is 7.79. The van der Waals surface area contributed by atoms with Gasteiger partial charge in [-0.3, -0.25) is 14.5 Å². The van der Waals surface area contributed by atoms with Crippen LogP contribution in [-0.4, -0.2) is 28.4 Å². The van der Waals surface area contributed by atoms with Crippen LogP contribution in [-0.2, 0) is 9.59 Å². The molecule has 6 nitrogen and oxygen atoms in total. The molecule has 4 aromatic rings. The van der Waals surface area contributed by atoms with Crippen molar-refractivity contribution in [1.82, 2.24) is 4.98 Å². The molecule has 0 unspecified atom stereocenters. The summed E-state index contributed by atoms with van der Waals surface area (Å²) in [7, 11) is 0. The van der Waals surface area contributed by atoms with E-state index in [1.54, 1.807) is 48.5 Å². The highest BCUT2D eigenvalue weighted by molar-refractivity contribution is 7.22. The Balaban J connectivity index is 1.69. The van der Waals surface area contributed by atoms with Crippen LogP contribution in [0.1, 0.15) is 24.1 Å². The quantitative estimate of drug-likeness (QED) is 0.200. The van der Waals surface area contributed by atoms with Crippen molar-refractivity contribution in [2.75, 3.05) is 11.5 Å². The molecule has 1 aliphatic rings. The van der Waals surface area contributed by atoms with Crippen LogP contribution in [0.5, 0.6) is 5.75 Å². The summed E-state index contributed by atoms with van der Waals surface area (Å²) in [5.74, 6) is -1.85. The molecule has 3 aromatic carbocycles. The first-order valence-electron chi connectivity index (χ1n) is 10.7. The minimum atomic E-state index is -0.981. The Hall–Kier alpha value is -3.75. The van der Waals surface area contributed by atoms with Gasteiger partial charge in [0.2, 0.25) is 0 Å². The maximum Gasteiger partial charge on any atom is 0.301 e. The second-order valence-corrected chi connectivity index (χ2v) is 9.24. The molecule has 1 aromatic heterocycles. The largest absolute Gasteiger partial charge is 0.507 e. The molecule has 0 aliphatic carbocycles. The van der Waals surface area contributed by atoms with Gasteiger partial charge in [-0.2, -0.15) is 0 Å². The molecule has 0 bridgehead atoms. The minimum Gasteiger partial charge on any atom is -0.507 e. The summed E-state index contributed by atoms with van der Waals surface area (Å²) in [4.78, 5) is 32.2. The molecule has 0 spiro atoms. The number of fused-ring (bicyclic) bond motifs is 1. The van der Waals surface area contributed by atoms with Gasteiger partial charge in [0.1, 0.15) is 17.3 Å². The fraction of sp³-hybridized carbons (Fsp3) is 0.115. The molecule has 1 atom stereocenters. The summed E-state index contributed by atoms with van der Waals surface area (Å²) in [6, 6.07) is 16.4. The van der Waals surface area contributed by atoms with Gasteiger partial charge in [-0.05, 0) is 67.1 Å². The Morgan fingerprint density at radius 1 is 1.14 bits per heavy atom. The van der Waals surface area contributed by atoms with E-state index < -0.39 is 23.5 Å². The number of aliphatic hydroxyl groups is 1. The number of Topliss-reactive ketones (excluding diaryl/α,β-unsaturated/α-hetero) is 1. The normalized spacial score (nSPS) is 17.3. The van der Waals surface area contributed by atoms with Gasteiger partial charge in [0.25, 0.3) is 5.78 Å². The summed E-state index contributed by atoms with van der Waals surface area (Å²) < 4.78 is 19.7. The van der Waals surface area contributed by atoms with E-state index in [0.717, 1.165) is 11.3 Å². The molecule has 1 N–H and O–H groups in total. The fourth-order valence-electron chi connectivity index (χ4n) is 4.04. The standard InChI is InChI=1S/C26H18ClFN2O4S/c1-2-34-18-9-6-14(7-10-18)23(31)21-22(15-4-3-5-16(27)12-15)30(25(33)24(21)32)26-29-19-11-8-17(28)13-20(19)35-26/h3-13,22,31H,2H2,1H3/t22-/m1/s1. The molecule has 2 heterocycles. The number of hydrogen-bond acceptors (Lipinski definition) is 6. The van der Waals surface area contributed by atoms with Gasteiger partial charge in [-0.15, -0.1) is 0 Å². The summed E-state index contributed by atoms with van der Waals surface area (Å²) in [5.41, 5.74) is 1.27. The number of ether oxygens (including phenoxy) is 1. The maximum atomic E-state index is 13.8. The van der Waals surface area contributed by atoms with Crippen molar-refractivity contribution < 1.29 is 23.8 Å². The molecule has 0 saturated carbocycles. The van der Waals surface area contributed by atoms with E-state index in [1.807, 2.05) is 6.92 Å². The van der Waals surface area contributed by atoms with Crippen molar-refractivity contribution in [3.05, 3.63) is 94.3 Å². The molecule has 5 rings (SSSR count). The topological polar surface area (TPSA) is 79.7 Å². The zero-order valence-electron chi connectivity index (χ0n) is 18.4. The maximum absolute atomic E-state index is 13.8. The third-order valence-electron chi connectivity index (χ3n) is 5.59. The highest BCUT2D eigenvalue weighted by Crippen LogP contribution is 2.44. The highest BCUT2D eigenvalue weighted by Gasteiger charge is 2.48. The van der Waals surface area contributed by atoms with E-state index >= 15 is 0 Å². The number of amides is 1. The van der Waals surface area contributed by atoms with Gasteiger partial charge in [0, 0.05) is 10.6 Å². The van der Waals surface area contributed by atoms with Gasteiger partial charge < -0.3 is 9.84 Å². The number of anilines is 1. The van der Waals surface area contributed by atoms with Crippen LogP contribution in [0, 0.1) is 5.82 Å². The smallest absolute Gasteiger partial charge is 0.301 e. The first kappa shape index (κ1) is 23.0. The predicted molar refractivity (Wildman–Crippen MR) is 133 cm³/mol. The number of thiazole rings is 1. The molecule has 1 aliphatic heterocycles. The lowest BCUT2D eigenvalue weighted by molar-refractivity contribution is -0.132. The second kappa shape index (κ2) is 9.13. The lowest BCUT2D eigenvalue weighted by atomic mass is 9.95. The minimum absolute atomic E-state index is 0.0909. The average Bonchev–Trinajstić information content (AvgIpc) is 3.37. The van der Waals surface area contributed by atoms with Crippen molar-refractivity contribution in [2.24, 2.45) is 0 Å². The number of benzene rings is 3. The number of nitrogens with zero attached hydrogens (tertiary/aromatic N) is 2. The number of aliphatic hydroxyl groups excluding tert-OH is 1. The van der Waals surface area contributed by atoms with Crippen molar-refractivity contribution >= 4 is 55.7 Å². The fourth-order valence-corrected chi connectivity index (χ4v) is 5.26. The van der Waals surface area contributed by atoms with E-state index in [2.05, 4.69) is 4.98 Å². The average molecular weight is 509 g/mol. The number of rotatable bonds is 5. The van der Waals surface area contributed by atoms with E-state index in [-0.39, 0.29) is 16.5 Å². The van der Waals surface area contributed by atoms with Gasteiger partial charge in [0.15, 0.2) is 5.13 Å². The Kier molecular flexibility index (Phi) is 6.00. The summed E-state index contributed by atoms with van der Waals surface area (Å²) in [6.45, 7) is 2.34. The number of ketones is 1. The highest BCUT2D eigenvalue weighted by atomic mass is 35.5. The van der Waals surface area contributed by atoms with Gasteiger partial charge in [0.05, 0.1) is 28.4 Å². The molecule has 0 radical (unpaired) electrons. The zero-order chi connectivity index (χ0) is 24.7. The molecule has 9 heteroatoms. The Bertz CT molecular complexity index is 1500. The summed E-state index contributed by atoms with van der Waals surface area (Å²) in [5, 5.41) is 11.8.